The largest absolute Gasteiger partial charge is 0.394 e. The van der Waals surface area contributed by atoms with Gasteiger partial charge >= 0.3 is 0 Å². The molecule has 4 aromatic rings. The molecule has 0 unspecified atom stereocenters. The summed E-state index contributed by atoms with van der Waals surface area (Å²) in [4.78, 5) is 12.8. The van der Waals surface area contributed by atoms with E-state index in [1.54, 1.807) is 0 Å². The predicted octanol–water partition coefficient (Wildman–Crippen LogP) is 1.50. The number of hydrogen-bond acceptors (Lipinski definition) is 7. The van der Waals surface area contributed by atoms with Gasteiger partial charge in [-0.15, -0.1) is 0 Å². The number of fused-ring (bicyclic) bond motifs is 1. The average molecular weight is 428 g/mol. The molecular formula is C24H20N4O4. The van der Waals surface area contributed by atoms with Gasteiger partial charge in [0, 0.05) is 5.56 Å². The first-order valence-electron chi connectivity index (χ1n) is 10.1. The number of aliphatic hydroxyl groups excluding tert-OH is 3. The van der Waals surface area contributed by atoms with Crippen LogP contribution in [-0.2, 0) is 4.74 Å². The van der Waals surface area contributed by atoms with E-state index < -0.39 is 31.1 Å². The van der Waals surface area contributed by atoms with Gasteiger partial charge in [-0.2, -0.15) is 0 Å². The molecule has 5 rings (SSSR count). The Morgan fingerprint density at radius 1 is 0.875 bits per heavy atom. The minimum absolute atomic E-state index is 0.407. The zero-order valence-electron chi connectivity index (χ0n) is 16.9. The summed E-state index contributed by atoms with van der Waals surface area (Å²) in [6, 6.07) is 18.0. The van der Waals surface area contributed by atoms with Crippen LogP contribution in [0.3, 0.4) is 0 Å². The summed E-state index contributed by atoms with van der Waals surface area (Å²) in [5.74, 6) is 6.14. The number of aliphatic hydroxyl groups is 3. The quantitative estimate of drug-likeness (QED) is 0.424. The third-order valence-corrected chi connectivity index (χ3v) is 5.47. The van der Waals surface area contributed by atoms with Gasteiger partial charge in [0.2, 0.25) is 0 Å². The third kappa shape index (κ3) is 3.64. The van der Waals surface area contributed by atoms with Gasteiger partial charge in [-0.1, -0.05) is 48.4 Å². The number of ether oxygens (including phenoxy) is 1. The standard InChI is InChI=1S/C24H20N4O4/c29-12-19-21(30)22(31)24(32-19)28-14-27-20-18(25-13-26-23(20)28)11-8-15-6-9-17(10-7-15)16-4-2-1-3-5-16/h1-7,9-10,13-14,19,21-22,24,29-31H,12H2/t19-,21-,22-,24-/m1/s1. The van der Waals surface area contributed by atoms with Gasteiger partial charge in [0.05, 0.1) is 12.9 Å². The minimum atomic E-state index is -1.22. The van der Waals surface area contributed by atoms with Crippen molar-refractivity contribution in [1.82, 2.24) is 19.5 Å². The van der Waals surface area contributed by atoms with Crippen LogP contribution in [0, 0.1) is 11.8 Å². The van der Waals surface area contributed by atoms with Crippen LogP contribution in [0.4, 0.5) is 0 Å². The minimum Gasteiger partial charge on any atom is -0.394 e. The summed E-state index contributed by atoms with van der Waals surface area (Å²) in [6.45, 7) is -0.407. The van der Waals surface area contributed by atoms with Crippen LogP contribution < -0.4 is 0 Å². The van der Waals surface area contributed by atoms with Gasteiger partial charge in [0.25, 0.3) is 0 Å². The number of hydrogen-bond donors (Lipinski definition) is 3. The van der Waals surface area contributed by atoms with Gasteiger partial charge in [0.15, 0.2) is 11.9 Å². The topological polar surface area (TPSA) is 114 Å². The molecule has 3 N–H and O–H groups in total. The Hall–Kier alpha value is -3.61. The lowest BCUT2D eigenvalue weighted by molar-refractivity contribution is -0.0511. The lowest BCUT2D eigenvalue weighted by Crippen LogP contribution is -2.33. The summed E-state index contributed by atoms with van der Waals surface area (Å²) >= 11 is 0. The molecule has 2 aromatic heterocycles. The van der Waals surface area contributed by atoms with E-state index in [1.165, 1.54) is 17.2 Å². The van der Waals surface area contributed by atoms with Gasteiger partial charge in [-0.05, 0) is 29.2 Å². The van der Waals surface area contributed by atoms with Crippen molar-refractivity contribution in [1.29, 1.82) is 0 Å². The molecule has 8 heteroatoms. The summed E-state index contributed by atoms with van der Waals surface area (Å²) in [5.41, 5.74) is 4.39. The lowest BCUT2D eigenvalue weighted by atomic mass is 10.0. The molecule has 0 amide bonds. The predicted molar refractivity (Wildman–Crippen MR) is 116 cm³/mol. The second kappa shape index (κ2) is 8.49. The highest BCUT2D eigenvalue weighted by Gasteiger charge is 2.44. The Balaban J connectivity index is 1.43. The molecule has 3 heterocycles. The van der Waals surface area contributed by atoms with Crippen molar-refractivity contribution in [3.05, 3.63) is 78.5 Å². The van der Waals surface area contributed by atoms with Crippen LogP contribution in [0.5, 0.6) is 0 Å². The molecule has 0 bridgehead atoms. The summed E-state index contributed by atoms with van der Waals surface area (Å²) < 4.78 is 7.10. The first-order valence-corrected chi connectivity index (χ1v) is 10.1. The fraction of sp³-hybridized carbons (Fsp3) is 0.208. The Kier molecular flexibility index (Phi) is 5.39. The molecule has 8 nitrogen and oxygen atoms in total. The first kappa shape index (κ1) is 20.3. The van der Waals surface area contributed by atoms with Crippen LogP contribution >= 0.6 is 0 Å². The first-order chi connectivity index (χ1) is 15.7. The van der Waals surface area contributed by atoms with Crippen molar-refractivity contribution in [2.75, 3.05) is 6.61 Å². The van der Waals surface area contributed by atoms with Gasteiger partial charge in [-0.3, -0.25) is 4.57 Å². The van der Waals surface area contributed by atoms with Crippen molar-refractivity contribution in [2.45, 2.75) is 24.5 Å². The fourth-order valence-corrected chi connectivity index (χ4v) is 3.75. The Morgan fingerprint density at radius 3 is 2.34 bits per heavy atom. The fourth-order valence-electron chi connectivity index (χ4n) is 3.75. The highest BCUT2D eigenvalue weighted by atomic mass is 16.6. The normalized spacial score (nSPS) is 22.6. The van der Waals surface area contributed by atoms with Crippen molar-refractivity contribution in [3.8, 4) is 23.0 Å². The Morgan fingerprint density at radius 2 is 1.62 bits per heavy atom. The number of imidazole rings is 1. The van der Waals surface area contributed by atoms with E-state index in [-0.39, 0.29) is 0 Å². The van der Waals surface area contributed by atoms with E-state index >= 15 is 0 Å². The average Bonchev–Trinajstić information content (AvgIpc) is 3.39. The maximum absolute atomic E-state index is 10.3. The number of nitrogens with zero attached hydrogens (tertiary/aromatic N) is 4. The van der Waals surface area contributed by atoms with E-state index in [0.717, 1.165) is 16.7 Å². The van der Waals surface area contributed by atoms with E-state index in [9.17, 15) is 15.3 Å². The van der Waals surface area contributed by atoms with E-state index in [4.69, 9.17) is 4.74 Å². The van der Waals surface area contributed by atoms with Gasteiger partial charge in [-0.25, -0.2) is 15.0 Å². The van der Waals surface area contributed by atoms with Crippen molar-refractivity contribution in [3.63, 3.8) is 0 Å². The van der Waals surface area contributed by atoms with Crippen LogP contribution in [0.25, 0.3) is 22.3 Å². The van der Waals surface area contributed by atoms with E-state index in [0.29, 0.717) is 16.9 Å². The molecule has 2 aromatic carbocycles. The highest BCUT2D eigenvalue weighted by Crippen LogP contribution is 2.31. The molecule has 4 atom stereocenters. The molecular weight excluding hydrogens is 408 g/mol. The molecule has 0 radical (unpaired) electrons. The molecule has 32 heavy (non-hydrogen) atoms. The molecule has 1 fully saturated rings. The van der Waals surface area contributed by atoms with Crippen LogP contribution in [0.1, 0.15) is 17.5 Å². The third-order valence-electron chi connectivity index (χ3n) is 5.47. The van der Waals surface area contributed by atoms with E-state index in [2.05, 4.69) is 38.9 Å². The molecule has 160 valence electrons. The monoisotopic (exact) mass is 428 g/mol. The van der Waals surface area contributed by atoms with E-state index in [1.807, 2.05) is 42.5 Å². The summed E-state index contributed by atoms with van der Waals surface area (Å²) in [6.07, 6.45) is -1.41. The second-order valence-electron chi connectivity index (χ2n) is 7.47. The highest BCUT2D eigenvalue weighted by molar-refractivity contribution is 5.76. The second-order valence-corrected chi connectivity index (χ2v) is 7.47. The zero-order valence-corrected chi connectivity index (χ0v) is 16.9. The SMILES string of the molecule is OC[C@H]1O[C@@H](n2cnc3c(C#Cc4ccc(-c5ccccc5)cc4)ncnc32)[C@H](O)[C@@H]1O. The number of rotatable bonds is 3. The van der Waals surface area contributed by atoms with Crippen LogP contribution in [-0.4, -0.2) is 59.8 Å². The molecule has 1 aliphatic rings. The molecule has 0 aliphatic carbocycles. The van der Waals surface area contributed by atoms with Gasteiger partial charge < -0.3 is 20.1 Å². The number of aromatic nitrogens is 4. The smallest absolute Gasteiger partial charge is 0.166 e. The van der Waals surface area contributed by atoms with Crippen LogP contribution in [0.15, 0.2) is 67.3 Å². The van der Waals surface area contributed by atoms with Crippen molar-refractivity contribution in [2.24, 2.45) is 0 Å². The number of benzene rings is 2. The zero-order chi connectivity index (χ0) is 22.1. The van der Waals surface area contributed by atoms with Crippen LogP contribution in [0.2, 0.25) is 0 Å². The maximum atomic E-state index is 10.3. The molecule has 1 saturated heterocycles. The molecule has 0 spiro atoms. The Bertz CT molecular complexity index is 1290. The summed E-state index contributed by atoms with van der Waals surface area (Å²) in [7, 11) is 0. The van der Waals surface area contributed by atoms with Crippen molar-refractivity contribution >= 4 is 11.2 Å². The molecule has 1 aliphatic heterocycles. The molecule has 0 saturated carbocycles. The lowest BCUT2D eigenvalue weighted by Gasteiger charge is -2.16. The Labute approximate surface area is 183 Å². The van der Waals surface area contributed by atoms with Crippen molar-refractivity contribution < 1.29 is 20.1 Å². The maximum Gasteiger partial charge on any atom is 0.166 e. The van der Waals surface area contributed by atoms with Gasteiger partial charge in [0.1, 0.15) is 35.8 Å². The summed E-state index contributed by atoms with van der Waals surface area (Å²) in [5, 5.41) is 29.7.